The number of ether oxygens (including phenoxy) is 2. The molecule has 292 valence electrons. The summed E-state index contributed by atoms with van der Waals surface area (Å²) in [5.74, 6) is -2.60. The van der Waals surface area contributed by atoms with Gasteiger partial charge in [0.15, 0.2) is 5.78 Å². The van der Waals surface area contributed by atoms with Crippen LogP contribution in [0.4, 0.5) is 28.4 Å². The summed E-state index contributed by atoms with van der Waals surface area (Å²) < 4.78 is 48.8. The number of rotatable bonds is 11. The van der Waals surface area contributed by atoms with Gasteiger partial charge in [-0.05, 0) is 90.4 Å². The molecule has 22 heteroatoms. The number of anilines is 3. The molecule has 0 unspecified atom stereocenters. The Morgan fingerprint density at radius 1 is 0.850 bits per heavy atom. The van der Waals surface area contributed by atoms with Crippen molar-refractivity contribution < 1.29 is 101 Å². The summed E-state index contributed by atoms with van der Waals surface area (Å²) >= 11 is 0. The minimum atomic E-state index is -5.28. The number of H-pyrrole nitrogens is 1. The first-order valence-corrected chi connectivity index (χ1v) is 18.2. The number of nitrogens with one attached hydrogen (secondary N) is 3. The van der Waals surface area contributed by atoms with Crippen molar-refractivity contribution in [2.24, 2.45) is 20.4 Å². The quantitative estimate of drug-likeness (QED) is 0.0217. The number of hydrogen-bond acceptors (Lipinski definition) is 18. The number of fused-ring (bicyclic) bond motifs is 2. The molecule has 0 atom stereocenters. The number of nitrogen functional groups attached to an aromatic ring is 1. The molecule has 0 amide bonds. The second-order valence-corrected chi connectivity index (χ2v) is 13.8. The number of benzene rings is 4. The van der Waals surface area contributed by atoms with Crippen molar-refractivity contribution >= 4 is 84.6 Å². The molecule has 0 saturated heterocycles. The second-order valence-electron chi connectivity index (χ2n) is 12.5. The van der Waals surface area contributed by atoms with E-state index in [0.717, 1.165) is 18.2 Å². The largest absolute Gasteiger partial charge is 1.00 e. The van der Waals surface area contributed by atoms with Gasteiger partial charge in [0.05, 0.1) is 47.9 Å². The Hall–Kier alpha value is -5.84. The molecule has 19 nitrogen and oxygen atoms in total. The number of allylic oxidation sites excluding steroid dienone is 4. The van der Waals surface area contributed by atoms with E-state index >= 15 is 0 Å². The molecule has 7 rings (SSSR count). The molecule has 60 heavy (non-hydrogen) atoms. The van der Waals surface area contributed by atoms with E-state index in [4.69, 9.17) is 15.2 Å². The number of azo groups is 1. The maximum atomic E-state index is 13.8. The van der Waals surface area contributed by atoms with Crippen LogP contribution in [0.15, 0.2) is 115 Å². The number of ketones is 2. The van der Waals surface area contributed by atoms with Crippen LogP contribution in [-0.4, -0.2) is 71.6 Å². The predicted octanol–water partition coefficient (Wildman–Crippen LogP) is -1.83. The van der Waals surface area contributed by atoms with E-state index in [9.17, 15) is 32.5 Å². The maximum absolute atomic E-state index is 13.8. The zero-order valence-corrected chi connectivity index (χ0v) is 37.2. The van der Waals surface area contributed by atoms with Crippen LogP contribution in [0.2, 0.25) is 0 Å². The van der Waals surface area contributed by atoms with Crippen molar-refractivity contribution in [2.45, 2.75) is 6.92 Å². The molecule has 0 bridgehead atoms. The Kier molecular flexibility index (Phi) is 14.0. The van der Waals surface area contributed by atoms with E-state index in [1.165, 1.54) is 26.4 Å². The van der Waals surface area contributed by atoms with Crippen LogP contribution in [0.1, 0.15) is 22.8 Å². The van der Waals surface area contributed by atoms with Gasteiger partial charge in [0.1, 0.15) is 49.7 Å². The number of carbonyl (C=O) groups excluding carboxylic acids is 3. The van der Waals surface area contributed by atoms with Gasteiger partial charge in [-0.25, -0.2) is 8.42 Å². The van der Waals surface area contributed by atoms with Crippen LogP contribution in [0.5, 0.6) is 11.5 Å². The van der Waals surface area contributed by atoms with E-state index in [-0.39, 0.29) is 98.8 Å². The van der Waals surface area contributed by atoms with Gasteiger partial charge in [-0.1, -0.05) is 18.2 Å². The summed E-state index contributed by atoms with van der Waals surface area (Å²) in [5.41, 5.74) is 14.2. The summed E-state index contributed by atoms with van der Waals surface area (Å²) in [6.45, 7) is 1.61. The number of carboxylic acid groups (broad SMARTS) is 1. The Labute approximate surface area is 384 Å². The molecular weight excluding hydrogens is 819 g/mol. The van der Waals surface area contributed by atoms with Gasteiger partial charge in [0, 0.05) is 16.7 Å². The Morgan fingerprint density at radius 2 is 1.50 bits per heavy atom. The number of aromatic amines is 1. The Bertz CT molecular complexity index is 2900. The number of hydrogen-bond donors (Lipinski definition) is 4. The van der Waals surface area contributed by atoms with Crippen LogP contribution < -0.4 is 90.3 Å². The average Bonchev–Trinajstić information content (AvgIpc) is 3.69. The smallest absolute Gasteiger partial charge is 0.744 e. The molecule has 0 fully saturated rings. The zero-order chi connectivity index (χ0) is 41.3. The Morgan fingerprint density at radius 3 is 2.12 bits per heavy atom. The van der Waals surface area contributed by atoms with E-state index in [0.29, 0.717) is 44.9 Å². The van der Waals surface area contributed by atoms with Crippen molar-refractivity contribution in [1.29, 1.82) is 0 Å². The van der Waals surface area contributed by atoms with Gasteiger partial charge in [-0.2, -0.15) is 25.6 Å². The van der Waals surface area contributed by atoms with Crippen molar-refractivity contribution in [3.8, 4) is 22.6 Å². The fraction of sp³-hybridized carbons (Fsp3) is 0.0789. The summed E-state index contributed by atoms with van der Waals surface area (Å²) in [7, 11) is -2.45. The van der Waals surface area contributed by atoms with E-state index in [1.54, 1.807) is 61.5 Å². The van der Waals surface area contributed by atoms with Crippen molar-refractivity contribution in [2.75, 3.05) is 30.8 Å². The topological polar surface area (TPSA) is 291 Å². The molecule has 5 aromatic rings. The number of hydrazone groups is 2. The molecular formula is C38H28N10Na2O9S. The third-order valence-electron chi connectivity index (χ3n) is 8.91. The summed E-state index contributed by atoms with van der Waals surface area (Å²) in [6, 6.07) is 17.8. The molecule has 1 aromatic heterocycles. The molecule has 0 radical (unpaired) electrons. The summed E-state index contributed by atoms with van der Waals surface area (Å²) in [4.78, 5) is 36.2. The monoisotopic (exact) mass is 846 g/mol. The van der Waals surface area contributed by atoms with Gasteiger partial charge >= 0.3 is 59.1 Å². The number of Topliss-reactive ketones (excluding diaryl/α,β-unsaturated/α-hetero) is 1. The van der Waals surface area contributed by atoms with Crippen LogP contribution in [-0.2, 0) is 19.7 Å². The molecule has 2 aliphatic rings. The third kappa shape index (κ3) is 9.15. The SMILES string of the molecule is COc1cc(-c2ccc(N/N=C3\C(=O)c4ccc(N)c(N=Nc5cccc6n[nH]nc56)c4C=C3S(=O)(=O)[O-])c(OC)c2)ccc1N/N=C1/C=C(C(=O)[O-])C(=O)C=C1C.[Na+].[Na+]. The number of carboxylic acids is 1. The average molecular weight is 847 g/mol. The Balaban J connectivity index is 0.00000341. The first-order chi connectivity index (χ1) is 27.8. The number of aromatic nitrogens is 3. The minimum Gasteiger partial charge on any atom is -0.744 e. The third-order valence-corrected chi connectivity index (χ3v) is 9.76. The fourth-order valence-corrected chi connectivity index (χ4v) is 6.60. The molecule has 5 N–H and O–H groups in total. The molecule has 0 aliphatic heterocycles. The zero-order valence-electron chi connectivity index (χ0n) is 32.4. The van der Waals surface area contributed by atoms with Crippen molar-refractivity contribution in [3.63, 3.8) is 0 Å². The van der Waals surface area contributed by atoms with Gasteiger partial charge in [-0.3, -0.25) is 20.4 Å². The molecule has 0 saturated carbocycles. The second kappa shape index (κ2) is 18.6. The van der Waals surface area contributed by atoms with Gasteiger partial charge < -0.3 is 29.7 Å². The van der Waals surface area contributed by atoms with Gasteiger partial charge in [0.2, 0.25) is 5.78 Å². The molecule has 1 heterocycles. The van der Waals surface area contributed by atoms with Gasteiger partial charge in [-0.15, -0.1) is 10.2 Å². The van der Waals surface area contributed by atoms with Gasteiger partial charge in [0.25, 0.3) is 0 Å². The molecule has 4 aromatic carbocycles. The first-order valence-electron chi connectivity index (χ1n) is 16.8. The number of para-hydroxylation sites is 1. The number of aliphatic carboxylic acids is 1. The van der Waals surface area contributed by atoms with Crippen molar-refractivity contribution in [1.82, 2.24) is 15.4 Å². The number of nitrogens with two attached hydrogens (primary N) is 1. The predicted molar refractivity (Wildman–Crippen MR) is 210 cm³/mol. The fourth-order valence-electron chi connectivity index (χ4n) is 5.97. The van der Waals surface area contributed by atoms with Crippen LogP contribution >= 0.6 is 0 Å². The van der Waals surface area contributed by atoms with Crippen LogP contribution in [0, 0.1) is 0 Å². The number of nitrogens with zero attached hydrogens (tertiary/aromatic N) is 6. The maximum Gasteiger partial charge on any atom is 1.00 e. The van der Waals surface area contributed by atoms with E-state index in [2.05, 4.69) is 46.7 Å². The minimum absolute atomic E-state index is 0. The van der Waals surface area contributed by atoms with Crippen LogP contribution in [0.25, 0.3) is 28.2 Å². The molecule has 0 spiro atoms. The molecule has 2 aliphatic carbocycles. The standard InChI is InChI=1S/C38H30N10O9S.2Na/c1-18-13-30(49)23(38(51)52)16-29(18)43-40-25-11-7-19(14-31(25)56-2)20-8-12-26(32(15-20)57-3)41-46-36-33(58(53,54)55)17-22-21(37(36)50)9-10-24(39)34(22)45-42-27-5-4-6-28-35(27)47-48-44-28;;/h4-17,40-41H,39H2,1-3H3,(H,51,52)(H,44,47,48)(H,53,54,55);;/q;2*+1/p-2/b43-29-,45-42?,46-36-;;. The van der Waals surface area contributed by atoms with E-state index in [1.807, 2.05) is 0 Å². The van der Waals surface area contributed by atoms with Crippen LogP contribution in [0.3, 0.4) is 0 Å². The van der Waals surface area contributed by atoms with Crippen molar-refractivity contribution in [3.05, 3.63) is 106 Å². The number of methoxy groups -OCH3 is 2. The summed E-state index contributed by atoms with van der Waals surface area (Å²) in [6.07, 6.45) is 3.26. The first kappa shape index (κ1) is 45.2. The number of carbonyl (C=O) groups is 3. The normalized spacial score (nSPS) is 15.1. The summed E-state index contributed by atoms with van der Waals surface area (Å²) in [5, 5.41) is 38.6. The van der Waals surface area contributed by atoms with E-state index < -0.39 is 43.8 Å².